The summed E-state index contributed by atoms with van der Waals surface area (Å²) in [7, 11) is 0. The summed E-state index contributed by atoms with van der Waals surface area (Å²) in [5.74, 6) is 1.22. The molecule has 0 unspecified atom stereocenters. The standard InChI is InChI=1S/C22H19N3O/c1-4-19-20(5-2)24-21(16-10-7-6-8-11-16)25-22(19)23-18-13-9-12-17(14-18)15(3)26/h4-14H,1-2H2,3H3,(H,23,24,25). The summed E-state index contributed by atoms with van der Waals surface area (Å²) in [5.41, 5.74) is 3.77. The first-order chi connectivity index (χ1) is 12.6. The van der Waals surface area contributed by atoms with E-state index in [1.165, 1.54) is 0 Å². The first-order valence-corrected chi connectivity index (χ1v) is 8.22. The van der Waals surface area contributed by atoms with Crippen LogP contribution in [0.5, 0.6) is 0 Å². The Labute approximate surface area is 153 Å². The van der Waals surface area contributed by atoms with E-state index in [-0.39, 0.29) is 5.78 Å². The second-order valence-electron chi connectivity index (χ2n) is 5.73. The quantitative estimate of drug-likeness (QED) is 0.612. The molecule has 3 rings (SSSR count). The molecule has 0 amide bonds. The smallest absolute Gasteiger partial charge is 0.162 e. The number of benzene rings is 2. The van der Waals surface area contributed by atoms with Gasteiger partial charge in [-0.2, -0.15) is 0 Å². The van der Waals surface area contributed by atoms with Crippen LogP contribution in [0.25, 0.3) is 23.5 Å². The lowest BCUT2D eigenvalue weighted by Gasteiger charge is -2.13. The van der Waals surface area contributed by atoms with Crippen LogP contribution in [0.15, 0.2) is 67.8 Å². The number of carbonyl (C=O) groups excluding carboxylic acids is 1. The number of nitrogens with one attached hydrogen (secondary N) is 1. The van der Waals surface area contributed by atoms with Crippen LogP contribution < -0.4 is 5.32 Å². The number of carbonyl (C=O) groups is 1. The zero-order chi connectivity index (χ0) is 18.5. The van der Waals surface area contributed by atoms with Crippen LogP contribution in [0.1, 0.15) is 28.5 Å². The molecule has 4 nitrogen and oxygen atoms in total. The predicted molar refractivity (Wildman–Crippen MR) is 107 cm³/mol. The summed E-state index contributed by atoms with van der Waals surface area (Å²) in [4.78, 5) is 20.9. The van der Waals surface area contributed by atoms with E-state index in [0.717, 1.165) is 16.8 Å². The SMILES string of the molecule is C=Cc1nc(-c2ccccc2)nc(Nc2cccc(C(C)=O)c2)c1C=C. The van der Waals surface area contributed by atoms with Crippen molar-refractivity contribution < 1.29 is 4.79 Å². The molecule has 4 heteroatoms. The molecule has 0 spiro atoms. The van der Waals surface area contributed by atoms with Crippen LogP contribution >= 0.6 is 0 Å². The average Bonchev–Trinajstić information content (AvgIpc) is 2.68. The number of aromatic nitrogens is 2. The van der Waals surface area contributed by atoms with Crippen molar-refractivity contribution in [3.8, 4) is 11.4 Å². The van der Waals surface area contributed by atoms with Crippen LogP contribution in [-0.2, 0) is 0 Å². The predicted octanol–water partition coefficient (Wildman–Crippen LogP) is 5.38. The highest BCUT2D eigenvalue weighted by Crippen LogP contribution is 2.27. The summed E-state index contributed by atoms with van der Waals surface area (Å²) in [6.07, 6.45) is 3.38. The lowest BCUT2D eigenvalue weighted by atomic mass is 10.1. The van der Waals surface area contributed by atoms with Crippen molar-refractivity contribution in [2.75, 3.05) is 5.32 Å². The average molecular weight is 341 g/mol. The van der Waals surface area contributed by atoms with Crippen LogP contribution in [-0.4, -0.2) is 15.8 Å². The van der Waals surface area contributed by atoms with Gasteiger partial charge < -0.3 is 5.32 Å². The summed E-state index contributed by atoms with van der Waals surface area (Å²) in [6.45, 7) is 9.26. The van der Waals surface area contributed by atoms with Gasteiger partial charge in [0.2, 0.25) is 0 Å². The fraction of sp³-hybridized carbons (Fsp3) is 0.0455. The summed E-state index contributed by atoms with van der Waals surface area (Å²) in [5, 5.41) is 3.28. The second-order valence-corrected chi connectivity index (χ2v) is 5.73. The van der Waals surface area contributed by atoms with Crippen molar-refractivity contribution in [1.82, 2.24) is 9.97 Å². The molecule has 26 heavy (non-hydrogen) atoms. The van der Waals surface area contributed by atoms with E-state index in [2.05, 4.69) is 28.4 Å². The number of hydrogen-bond acceptors (Lipinski definition) is 4. The third-order valence-corrected chi connectivity index (χ3v) is 3.94. The molecule has 1 aromatic heterocycles. The monoisotopic (exact) mass is 341 g/mol. The molecule has 3 aromatic rings. The van der Waals surface area contributed by atoms with E-state index < -0.39 is 0 Å². The van der Waals surface area contributed by atoms with Gasteiger partial charge in [-0.05, 0) is 25.1 Å². The normalized spacial score (nSPS) is 10.2. The van der Waals surface area contributed by atoms with Gasteiger partial charge in [0.25, 0.3) is 0 Å². The minimum atomic E-state index is 0.0111. The fourth-order valence-electron chi connectivity index (χ4n) is 2.61. The number of nitrogens with zero attached hydrogens (tertiary/aromatic N) is 2. The molecule has 1 heterocycles. The third-order valence-electron chi connectivity index (χ3n) is 3.94. The first kappa shape index (κ1) is 17.3. The van der Waals surface area contributed by atoms with Crippen molar-refractivity contribution in [3.63, 3.8) is 0 Å². The second kappa shape index (κ2) is 7.57. The zero-order valence-corrected chi connectivity index (χ0v) is 14.6. The van der Waals surface area contributed by atoms with Crippen molar-refractivity contribution in [3.05, 3.63) is 84.6 Å². The number of hydrogen-bond donors (Lipinski definition) is 1. The molecule has 0 aliphatic rings. The molecular weight excluding hydrogens is 322 g/mol. The maximum atomic E-state index is 11.6. The third kappa shape index (κ3) is 3.59. The van der Waals surface area contributed by atoms with Crippen molar-refractivity contribution in [2.24, 2.45) is 0 Å². The highest BCUT2D eigenvalue weighted by molar-refractivity contribution is 5.95. The van der Waals surface area contributed by atoms with Gasteiger partial charge in [-0.3, -0.25) is 4.79 Å². The van der Waals surface area contributed by atoms with E-state index in [1.54, 1.807) is 31.2 Å². The Hall–Kier alpha value is -3.53. The highest BCUT2D eigenvalue weighted by Gasteiger charge is 2.12. The van der Waals surface area contributed by atoms with Gasteiger partial charge in [-0.1, -0.05) is 61.7 Å². The Balaban J connectivity index is 2.10. The molecular formula is C22H19N3O. The van der Waals surface area contributed by atoms with Gasteiger partial charge in [-0.15, -0.1) is 0 Å². The Morgan fingerprint density at radius 3 is 2.42 bits per heavy atom. The van der Waals surface area contributed by atoms with Gasteiger partial charge in [0.1, 0.15) is 5.82 Å². The van der Waals surface area contributed by atoms with Gasteiger partial charge in [0.05, 0.1) is 5.69 Å². The van der Waals surface area contributed by atoms with Crippen LogP contribution in [0.3, 0.4) is 0 Å². The van der Waals surface area contributed by atoms with Crippen LogP contribution in [0.4, 0.5) is 11.5 Å². The van der Waals surface area contributed by atoms with E-state index in [9.17, 15) is 4.79 Å². The maximum absolute atomic E-state index is 11.6. The topological polar surface area (TPSA) is 54.9 Å². The molecule has 2 aromatic carbocycles. The van der Waals surface area contributed by atoms with Crippen molar-refractivity contribution >= 4 is 29.4 Å². The number of Topliss-reactive ketones (excluding diaryl/α,β-unsaturated/α-hetero) is 1. The Kier molecular flexibility index (Phi) is 5.04. The van der Waals surface area contributed by atoms with Crippen molar-refractivity contribution in [2.45, 2.75) is 6.92 Å². The number of rotatable bonds is 6. The minimum absolute atomic E-state index is 0.0111. The summed E-state index contributed by atoms with van der Waals surface area (Å²) >= 11 is 0. The molecule has 0 radical (unpaired) electrons. The molecule has 0 aliphatic heterocycles. The highest BCUT2D eigenvalue weighted by atomic mass is 16.1. The van der Waals surface area contributed by atoms with Gasteiger partial charge >= 0.3 is 0 Å². The minimum Gasteiger partial charge on any atom is -0.340 e. The molecule has 0 bridgehead atoms. The Morgan fingerprint density at radius 1 is 1.00 bits per heavy atom. The maximum Gasteiger partial charge on any atom is 0.162 e. The van der Waals surface area contributed by atoms with Gasteiger partial charge in [0.15, 0.2) is 11.6 Å². The fourth-order valence-corrected chi connectivity index (χ4v) is 2.61. The Bertz CT molecular complexity index is 978. The molecule has 0 aliphatic carbocycles. The summed E-state index contributed by atoms with van der Waals surface area (Å²) in [6, 6.07) is 17.0. The number of anilines is 2. The summed E-state index contributed by atoms with van der Waals surface area (Å²) < 4.78 is 0. The van der Waals surface area contributed by atoms with Crippen LogP contribution in [0, 0.1) is 0 Å². The van der Waals surface area contributed by atoms with Crippen molar-refractivity contribution in [1.29, 1.82) is 0 Å². The molecule has 0 saturated carbocycles. The molecule has 1 N–H and O–H groups in total. The van der Waals surface area contributed by atoms with E-state index >= 15 is 0 Å². The molecule has 0 saturated heterocycles. The lowest BCUT2D eigenvalue weighted by molar-refractivity contribution is 0.101. The van der Waals surface area contributed by atoms with Gasteiger partial charge in [0, 0.05) is 22.4 Å². The van der Waals surface area contributed by atoms with E-state index in [0.29, 0.717) is 22.9 Å². The number of ketones is 1. The van der Waals surface area contributed by atoms with Gasteiger partial charge in [-0.25, -0.2) is 9.97 Å². The largest absolute Gasteiger partial charge is 0.340 e. The molecule has 0 fully saturated rings. The van der Waals surface area contributed by atoms with E-state index in [1.807, 2.05) is 42.5 Å². The Morgan fingerprint density at radius 2 is 1.77 bits per heavy atom. The lowest BCUT2D eigenvalue weighted by Crippen LogP contribution is -2.04. The zero-order valence-electron chi connectivity index (χ0n) is 14.6. The molecule has 128 valence electrons. The first-order valence-electron chi connectivity index (χ1n) is 8.22. The van der Waals surface area contributed by atoms with Crippen LogP contribution in [0.2, 0.25) is 0 Å². The molecule has 0 atom stereocenters. The van der Waals surface area contributed by atoms with E-state index in [4.69, 9.17) is 0 Å².